The number of nitrogens with one attached hydrogen (secondary N) is 1. The zero-order chi connectivity index (χ0) is 11.4. The van der Waals surface area contributed by atoms with Crippen molar-refractivity contribution in [3.8, 4) is 0 Å². The second-order valence-corrected chi connectivity index (χ2v) is 5.15. The van der Waals surface area contributed by atoms with E-state index in [9.17, 15) is 0 Å². The van der Waals surface area contributed by atoms with Gasteiger partial charge in [0, 0.05) is 12.3 Å². The van der Waals surface area contributed by atoms with Crippen molar-refractivity contribution in [2.45, 2.75) is 31.6 Å². The quantitative estimate of drug-likeness (QED) is 0.857. The number of aromatic nitrogens is 3. The van der Waals surface area contributed by atoms with E-state index in [4.69, 9.17) is 0 Å². The zero-order valence-corrected chi connectivity index (χ0v) is 10.5. The molecule has 0 spiro atoms. The highest BCUT2D eigenvalue weighted by Gasteiger charge is 2.18. The molecule has 1 N–H and O–H groups in total. The normalized spacial score (nSPS) is 19.9. The average molecular weight is 239 g/mol. The highest BCUT2D eigenvalue weighted by atomic mass is 32.2. The third kappa shape index (κ3) is 2.98. The first-order chi connectivity index (χ1) is 7.78. The van der Waals surface area contributed by atoms with Crippen molar-refractivity contribution in [3.05, 3.63) is 12.2 Å². The second kappa shape index (κ2) is 5.34. The van der Waals surface area contributed by atoms with Crippen LogP contribution >= 0.6 is 11.8 Å². The van der Waals surface area contributed by atoms with Crippen LogP contribution in [-0.2, 0) is 13.6 Å². The van der Waals surface area contributed by atoms with Gasteiger partial charge in [0.05, 0.1) is 13.1 Å². The van der Waals surface area contributed by atoms with Crippen molar-refractivity contribution in [1.29, 1.82) is 0 Å². The Bertz CT molecular complexity index is 373. The van der Waals surface area contributed by atoms with Gasteiger partial charge in [-0.2, -0.15) is 5.10 Å². The van der Waals surface area contributed by atoms with Gasteiger partial charge >= 0.3 is 0 Å². The highest BCUT2D eigenvalue weighted by molar-refractivity contribution is 8.14. The van der Waals surface area contributed by atoms with Crippen LogP contribution in [0, 0.1) is 0 Å². The summed E-state index contributed by atoms with van der Waals surface area (Å²) in [6, 6.07) is 0. The molecule has 0 aliphatic carbocycles. The van der Waals surface area contributed by atoms with Gasteiger partial charge in [0.25, 0.3) is 0 Å². The predicted octanol–water partition coefficient (Wildman–Crippen LogP) is 1.18. The average Bonchev–Trinajstić information content (AvgIpc) is 2.85. The molecule has 0 bridgehead atoms. The van der Waals surface area contributed by atoms with Gasteiger partial charge in [-0.3, -0.25) is 9.67 Å². The van der Waals surface area contributed by atoms with Crippen LogP contribution in [0.5, 0.6) is 0 Å². The van der Waals surface area contributed by atoms with Gasteiger partial charge in [0.1, 0.15) is 6.33 Å². The van der Waals surface area contributed by atoms with E-state index in [0.717, 1.165) is 17.5 Å². The molecule has 1 aromatic heterocycles. The molecule has 1 aliphatic heterocycles. The van der Waals surface area contributed by atoms with Crippen LogP contribution in [0.1, 0.15) is 25.6 Å². The molecular formula is C10H17N5S. The fourth-order valence-electron chi connectivity index (χ4n) is 1.61. The van der Waals surface area contributed by atoms with E-state index in [2.05, 4.69) is 27.3 Å². The molecule has 0 aromatic carbocycles. The predicted molar refractivity (Wildman–Crippen MR) is 66.4 cm³/mol. The summed E-state index contributed by atoms with van der Waals surface area (Å²) in [5.41, 5.74) is 0. The Morgan fingerprint density at radius 3 is 3.19 bits per heavy atom. The molecule has 1 atom stereocenters. The van der Waals surface area contributed by atoms with Crippen LogP contribution < -0.4 is 5.32 Å². The first-order valence-electron chi connectivity index (χ1n) is 5.57. The van der Waals surface area contributed by atoms with E-state index in [1.54, 1.807) is 11.0 Å². The maximum absolute atomic E-state index is 4.46. The minimum Gasteiger partial charge on any atom is -0.358 e. The fourth-order valence-corrected chi connectivity index (χ4v) is 2.73. The van der Waals surface area contributed by atoms with Crippen LogP contribution in [0.25, 0.3) is 0 Å². The lowest BCUT2D eigenvalue weighted by molar-refractivity contribution is 0.730. The summed E-state index contributed by atoms with van der Waals surface area (Å²) in [4.78, 5) is 8.62. The Morgan fingerprint density at radius 1 is 1.62 bits per heavy atom. The second-order valence-electron chi connectivity index (χ2n) is 3.86. The molecule has 0 saturated carbocycles. The summed E-state index contributed by atoms with van der Waals surface area (Å²) >= 11 is 1.84. The Balaban J connectivity index is 1.75. The van der Waals surface area contributed by atoms with Gasteiger partial charge in [-0.1, -0.05) is 25.1 Å². The third-order valence-corrected chi connectivity index (χ3v) is 3.59. The summed E-state index contributed by atoms with van der Waals surface area (Å²) in [7, 11) is 1.87. The minimum atomic E-state index is 0.657. The Labute approximate surface area is 99.7 Å². The van der Waals surface area contributed by atoms with E-state index in [1.165, 1.54) is 12.8 Å². The summed E-state index contributed by atoms with van der Waals surface area (Å²) in [5.74, 6) is 0.810. The summed E-state index contributed by atoms with van der Waals surface area (Å²) in [6.45, 7) is 3.81. The molecule has 6 heteroatoms. The molecule has 0 radical (unpaired) electrons. The lowest BCUT2D eigenvalue weighted by Crippen LogP contribution is -2.19. The minimum absolute atomic E-state index is 0.657. The van der Waals surface area contributed by atoms with E-state index in [-0.39, 0.29) is 0 Å². The van der Waals surface area contributed by atoms with Crippen LogP contribution in [0.2, 0.25) is 0 Å². The topological polar surface area (TPSA) is 55.1 Å². The largest absolute Gasteiger partial charge is 0.358 e. The number of amidine groups is 1. The highest BCUT2D eigenvalue weighted by Crippen LogP contribution is 2.23. The lowest BCUT2D eigenvalue weighted by atomic mass is 10.2. The van der Waals surface area contributed by atoms with Gasteiger partial charge in [-0.05, 0) is 6.42 Å². The number of aryl methyl sites for hydroxylation is 1. The van der Waals surface area contributed by atoms with Gasteiger partial charge in [-0.25, -0.2) is 4.98 Å². The molecular weight excluding hydrogens is 222 g/mol. The first kappa shape index (κ1) is 11.4. The molecule has 0 fully saturated rings. The van der Waals surface area contributed by atoms with Crippen LogP contribution in [0.3, 0.4) is 0 Å². The maximum Gasteiger partial charge on any atom is 0.169 e. The molecule has 1 aromatic rings. The summed E-state index contributed by atoms with van der Waals surface area (Å²) in [6.07, 6.45) is 4.17. The third-order valence-electron chi connectivity index (χ3n) is 2.37. The van der Waals surface area contributed by atoms with Crippen molar-refractivity contribution in [2.24, 2.45) is 12.0 Å². The molecule has 5 nitrogen and oxygen atoms in total. The van der Waals surface area contributed by atoms with E-state index < -0.39 is 0 Å². The maximum atomic E-state index is 4.46. The molecule has 2 rings (SSSR count). The number of hydrogen-bond donors (Lipinski definition) is 1. The fraction of sp³-hybridized carbons (Fsp3) is 0.700. The van der Waals surface area contributed by atoms with Crippen molar-refractivity contribution in [1.82, 2.24) is 20.1 Å². The Morgan fingerprint density at radius 2 is 2.50 bits per heavy atom. The molecule has 0 saturated heterocycles. The van der Waals surface area contributed by atoms with Crippen LogP contribution in [0.15, 0.2) is 11.3 Å². The van der Waals surface area contributed by atoms with Crippen molar-refractivity contribution in [2.75, 3.05) is 6.54 Å². The number of rotatable bonds is 4. The lowest BCUT2D eigenvalue weighted by Gasteiger charge is -2.06. The van der Waals surface area contributed by atoms with Gasteiger partial charge < -0.3 is 5.32 Å². The Hall–Kier alpha value is -1.04. The first-order valence-corrected chi connectivity index (χ1v) is 6.45. The van der Waals surface area contributed by atoms with Gasteiger partial charge in [0.15, 0.2) is 11.0 Å². The van der Waals surface area contributed by atoms with Crippen molar-refractivity contribution >= 4 is 16.9 Å². The standard InChI is InChI=1S/C10H17N5S/c1-3-4-8-5-11-10(16-8)12-6-9-13-7-15(2)14-9/h7-8H,3-6H2,1-2H3,(H,11,12). The van der Waals surface area contributed by atoms with E-state index in [1.807, 2.05) is 18.8 Å². The summed E-state index contributed by atoms with van der Waals surface area (Å²) in [5, 5.41) is 9.17. The monoisotopic (exact) mass is 239 g/mol. The molecule has 1 unspecified atom stereocenters. The van der Waals surface area contributed by atoms with E-state index >= 15 is 0 Å². The number of aliphatic imine (C=N–C) groups is 1. The van der Waals surface area contributed by atoms with Gasteiger partial charge in [-0.15, -0.1) is 0 Å². The number of thioether (sulfide) groups is 1. The van der Waals surface area contributed by atoms with Gasteiger partial charge in [0.2, 0.25) is 0 Å². The van der Waals surface area contributed by atoms with Crippen molar-refractivity contribution < 1.29 is 0 Å². The van der Waals surface area contributed by atoms with Crippen molar-refractivity contribution in [3.63, 3.8) is 0 Å². The van der Waals surface area contributed by atoms with Crippen LogP contribution in [-0.4, -0.2) is 31.7 Å². The Kier molecular flexibility index (Phi) is 3.82. The number of hydrogen-bond acceptors (Lipinski definition) is 5. The van der Waals surface area contributed by atoms with E-state index in [0.29, 0.717) is 11.8 Å². The summed E-state index contributed by atoms with van der Waals surface area (Å²) < 4.78 is 1.71. The smallest absolute Gasteiger partial charge is 0.169 e. The molecule has 88 valence electrons. The molecule has 0 amide bonds. The van der Waals surface area contributed by atoms with Crippen LogP contribution in [0.4, 0.5) is 0 Å². The number of nitrogens with zero attached hydrogens (tertiary/aromatic N) is 4. The molecule has 1 aliphatic rings. The SMILES string of the molecule is CCCC1CN=C(NCc2ncn(C)n2)S1. The molecule has 2 heterocycles. The zero-order valence-electron chi connectivity index (χ0n) is 9.68. The molecule has 16 heavy (non-hydrogen) atoms.